The molecule has 1 heterocycles. The number of anilines is 2. The molecule has 0 radical (unpaired) electrons. The first kappa shape index (κ1) is 9.38. The summed E-state index contributed by atoms with van der Waals surface area (Å²) in [7, 11) is 1.97. The van der Waals surface area contributed by atoms with Gasteiger partial charge in [0.25, 0.3) is 0 Å². The van der Waals surface area contributed by atoms with Crippen LogP contribution in [0.15, 0.2) is 18.2 Å². The van der Waals surface area contributed by atoms with Crippen molar-refractivity contribution in [3.8, 4) is 0 Å². The Morgan fingerprint density at radius 1 is 1.21 bits per heavy atom. The van der Waals surface area contributed by atoms with Gasteiger partial charge in [-0.15, -0.1) is 0 Å². The Kier molecular flexibility index (Phi) is 2.62. The van der Waals surface area contributed by atoms with Crippen LogP contribution in [0, 0.1) is 6.92 Å². The van der Waals surface area contributed by atoms with Crippen molar-refractivity contribution in [1.82, 2.24) is 0 Å². The molecule has 1 N–H and O–H groups in total. The summed E-state index contributed by atoms with van der Waals surface area (Å²) in [5.74, 6) is 0. The van der Waals surface area contributed by atoms with Crippen molar-refractivity contribution in [2.45, 2.75) is 19.8 Å². The van der Waals surface area contributed by atoms with Crippen LogP contribution in [0.5, 0.6) is 0 Å². The van der Waals surface area contributed by atoms with Crippen LogP contribution in [0.3, 0.4) is 0 Å². The largest absolute Gasteiger partial charge is 0.388 e. The third-order valence-corrected chi connectivity index (χ3v) is 2.95. The summed E-state index contributed by atoms with van der Waals surface area (Å²) in [5, 5.41) is 3.19. The van der Waals surface area contributed by atoms with E-state index in [0.717, 1.165) is 0 Å². The van der Waals surface area contributed by atoms with Gasteiger partial charge in [-0.25, -0.2) is 0 Å². The van der Waals surface area contributed by atoms with Gasteiger partial charge in [-0.3, -0.25) is 0 Å². The molecule has 0 unspecified atom stereocenters. The molecule has 0 saturated carbocycles. The van der Waals surface area contributed by atoms with Gasteiger partial charge in [0.15, 0.2) is 0 Å². The zero-order chi connectivity index (χ0) is 9.97. The van der Waals surface area contributed by atoms with E-state index in [1.165, 1.54) is 42.9 Å². The average Bonchev–Trinajstić information content (AvgIpc) is 2.70. The van der Waals surface area contributed by atoms with Crippen LogP contribution >= 0.6 is 0 Å². The number of rotatable bonds is 2. The van der Waals surface area contributed by atoms with E-state index in [4.69, 9.17) is 0 Å². The first-order valence-electron chi connectivity index (χ1n) is 5.34. The second-order valence-corrected chi connectivity index (χ2v) is 3.94. The van der Waals surface area contributed by atoms with Gasteiger partial charge in [0.2, 0.25) is 0 Å². The molecular formula is C12H18N2. The number of hydrogen-bond donors (Lipinski definition) is 1. The third-order valence-electron chi connectivity index (χ3n) is 2.95. The summed E-state index contributed by atoms with van der Waals surface area (Å²) in [4.78, 5) is 2.46. The molecule has 14 heavy (non-hydrogen) atoms. The predicted octanol–water partition coefficient (Wildman–Crippen LogP) is 2.64. The highest BCUT2D eigenvalue weighted by Crippen LogP contribution is 2.24. The van der Waals surface area contributed by atoms with Gasteiger partial charge in [0, 0.05) is 31.5 Å². The summed E-state index contributed by atoms with van der Waals surface area (Å²) >= 11 is 0. The van der Waals surface area contributed by atoms with E-state index >= 15 is 0 Å². The Morgan fingerprint density at radius 2 is 1.93 bits per heavy atom. The Balaban J connectivity index is 2.23. The van der Waals surface area contributed by atoms with E-state index < -0.39 is 0 Å². The Hall–Kier alpha value is -1.18. The number of hydrogen-bond acceptors (Lipinski definition) is 2. The normalized spacial score (nSPS) is 16.0. The van der Waals surface area contributed by atoms with Gasteiger partial charge in [-0.1, -0.05) is 0 Å². The molecule has 2 nitrogen and oxygen atoms in total. The molecule has 2 rings (SSSR count). The fourth-order valence-electron chi connectivity index (χ4n) is 2.10. The van der Waals surface area contributed by atoms with Crippen molar-refractivity contribution >= 4 is 11.4 Å². The predicted molar refractivity (Wildman–Crippen MR) is 62.2 cm³/mol. The molecule has 0 spiro atoms. The smallest absolute Gasteiger partial charge is 0.0370 e. The monoisotopic (exact) mass is 190 g/mol. The van der Waals surface area contributed by atoms with Crippen LogP contribution in [0.4, 0.5) is 11.4 Å². The fourth-order valence-corrected chi connectivity index (χ4v) is 2.10. The van der Waals surface area contributed by atoms with Crippen molar-refractivity contribution in [1.29, 1.82) is 0 Å². The van der Waals surface area contributed by atoms with Crippen LogP contribution in [-0.2, 0) is 0 Å². The number of aryl methyl sites for hydroxylation is 1. The van der Waals surface area contributed by atoms with Gasteiger partial charge in [0.1, 0.15) is 0 Å². The van der Waals surface area contributed by atoms with Crippen molar-refractivity contribution in [3.63, 3.8) is 0 Å². The lowest BCUT2D eigenvalue weighted by Crippen LogP contribution is -2.17. The van der Waals surface area contributed by atoms with Crippen LogP contribution in [0.2, 0.25) is 0 Å². The van der Waals surface area contributed by atoms with Crippen molar-refractivity contribution in [2.24, 2.45) is 0 Å². The topological polar surface area (TPSA) is 15.3 Å². The molecule has 1 saturated heterocycles. The van der Waals surface area contributed by atoms with Crippen LogP contribution < -0.4 is 10.2 Å². The maximum atomic E-state index is 3.19. The Morgan fingerprint density at radius 3 is 2.50 bits per heavy atom. The maximum absolute atomic E-state index is 3.19. The lowest BCUT2D eigenvalue weighted by Gasteiger charge is -2.19. The van der Waals surface area contributed by atoms with E-state index in [-0.39, 0.29) is 0 Å². The molecule has 76 valence electrons. The van der Waals surface area contributed by atoms with Crippen LogP contribution in [0.1, 0.15) is 18.4 Å². The Labute approximate surface area is 85.9 Å². The van der Waals surface area contributed by atoms with Gasteiger partial charge >= 0.3 is 0 Å². The van der Waals surface area contributed by atoms with Crippen LogP contribution in [-0.4, -0.2) is 20.1 Å². The lowest BCUT2D eigenvalue weighted by atomic mass is 10.1. The Bertz CT molecular complexity index is 314. The molecule has 0 atom stereocenters. The number of nitrogens with one attached hydrogen (secondary N) is 1. The molecule has 1 aromatic carbocycles. The summed E-state index contributed by atoms with van der Waals surface area (Å²) in [5.41, 5.74) is 3.93. The summed E-state index contributed by atoms with van der Waals surface area (Å²) in [6.45, 7) is 4.60. The first-order chi connectivity index (χ1) is 6.81. The minimum atomic E-state index is 1.22. The quantitative estimate of drug-likeness (QED) is 0.771. The second kappa shape index (κ2) is 3.91. The summed E-state index contributed by atoms with van der Waals surface area (Å²) < 4.78 is 0. The highest BCUT2D eigenvalue weighted by atomic mass is 15.1. The number of benzene rings is 1. The van der Waals surface area contributed by atoms with Gasteiger partial charge in [-0.05, 0) is 43.5 Å². The molecule has 0 aromatic heterocycles. The van der Waals surface area contributed by atoms with E-state index in [2.05, 4.69) is 35.3 Å². The van der Waals surface area contributed by atoms with Crippen molar-refractivity contribution in [3.05, 3.63) is 23.8 Å². The van der Waals surface area contributed by atoms with Gasteiger partial charge < -0.3 is 10.2 Å². The van der Waals surface area contributed by atoms with E-state index in [1.807, 2.05) is 7.05 Å². The molecule has 1 fully saturated rings. The first-order valence-corrected chi connectivity index (χ1v) is 5.34. The molecule has 0 amide bonds. The van der Waals surface area contributed by atoms with Crippen molar-refractivity contribution in [2.75, 3.05) is 30.4 Å². The van der Waals surface area contributed by atoms with Crippen LogP contribution in [0.25, 0.3) is 0 Å². The molecule has 1 aliphatic heterocycles. The molecule has 0 aliphatic carbocycles. The lowest BCUT2D eigenvalue weighted by molar-refractivity contribution is 0.949. The minimum absolute atomic E-state index is 1.22. The third kappa shape index (κ3) is 1.69. The fraction of sp³-hybridized carbons (Fsp3) is 0.500. The minimum Gasteiger partial charge on any atom is -0.388 e. The van der Waals surface area contributed by atoms with Gasteiger partial charge in [-0.2, -0.15) is 0 Å². The van der Waals surface area contributed by atoms with Gasteiger partial charge in [0.05, 0.1) is 0 Å². The molecule has 1 aliphatic rings. The highest BCUT2D eigenvalue weighted by molar-refractivity contribution is 5.60. The molecule has 2 heteroatoms. The summed E-state index contributed by atoms with van der Waals surface area (Å²) in [6, 6.07) is 6.66. The van der Waals surface area contributed by atoms with E-state index in [1.54, 1.807) is 0 Å². The second-order valence-electron chi connectivity index (χ2n) is 3.94. The average molecular weight is 190 g/mol. The highest BCUT2D eigenvalue weighted by Gasteiger charge is 2.12. The SMILES string of the molecule is CNc1ccc(N2CCCC2)cc1C. The van der Waals surface area contributed by atoms with E-state index in [0.29, 0.717) is 0 Å². The number of nitrogens with zero attached hydrogens (tertiary/aromatic N) is 1. The zero-order valence-electron chi connectivity index (χ0n) is 9.01. The molecular weight excluding hydrogens is 172 g/mol. The molecule has 1 aromatic rings. The summed E-state index contributed by atoms with van der Waals surface area (Å²) in [6.07, 6.45) is 2.68. The zero-order valence-corrected chi connectivity index (χ0v) is 9.01. The standard InChI is InChI=1S/C12H18N2/c1-10-9-11(5-6-12(10)13-2)14-7-3-4-8-14/h5-6,9,13H,3-4,7-8H2,1-2H3. The van der Waals surface area contributed by atoms with E-state index in [9.17, 15) is 0 Å². The maximum Gasteiger partial charge on any atom is 0.0370 e. The van der Waals surface area contributed by atoms with Crippen molar-refractivity contribution < 1.29 is 0 Å². The molecule has 0 bridgehead atoms.